The fourth-order valence-electron chi connectivity index (χ4n) is 2.48. The van der Waals surface area contributed by atoms with Crippen molar-refractivity contribution in [3.05, 3.63) is 59.7 Å². The molecule has 7 nitrogen and oxygen atoms in total. The summed E-state index contributed by atoms with van der Waals surface area (Å²) in [6, 6.07) is 12.4. The largest absolute Gasteiger partial charge is 0.493 e. The van der Waals surface area contributed by atoms with E-state index in [9.17, 15) is 9.59 Å². The van der Waals surface area contributed by atoms with Gasteiger partial charge in [-0.3, -0.25) is 9.59 Å². The highest BCUT2D eigenvalue weighted by molar-refractivity contribution is 5.94. The van der Waals surface area contributed by atoms with Crippen LogP contribution < -0.4 is 24.8 Å². The van der Waals surface area contributed by atoms with Crippen molar-refractivity contribution in [3.63, 3.8) is 0 Å². The monoisotopic (exact) mass is 384 g/mol. The standard InChI is InChI=1S/C21H24N2O5/c1-26-17-13-15(14-18(27-2)20(17)28-3)9-10-19(24)22-11-12-23-21(25)16-7-5-4-6-8-16/h4-10,13-14H,11-12H2,1-3H3,(H,22,24)(H,23,25)/b10-9+. The first-order chi connectivity index (χ1) is 13.6. The van der Waals surface area contributed by atoms with Crippen LogP contribution in [0, 0.1) is 0 Å². The first-order valence-electron chi connectivity index (χ1n) is 8.68. The third-order valence-corrected chi connectivity index (χ3v) is 3.86. The summed E-state index contributed by atoms with van der Waals surface area (Å²) >= 11 is 0. The molecule has 0 unspecified atom stereocenters. The molecule has 28 heavy (non-hydrogen) atoms. The maximum atomic E-state index is 12.0. The maximum absolute atomic E-state index is 12.0. The van der Waals surface area contributed by atoms with Gasteiger partial charge in [-0.15, -0.1) is 0 Å². The summed E-state index contributed by atoms with van der Waals surface area (Å²) in [5.74, 6) is 1.04. The second kappa shape index (κ2) is 10.6. The minimum absolute atomic E-state index is 0.178. The molecule has 0 fully saturated rings. The third-order valence-electron chi connectivity index (χ3n) is 3.86. The number of carbonyl (C=O) groups excluding carboxylic acids is 2. The normalized spacial score (nSPS) is 10.4. The molecule has 2 aromatic rings. The average molecular weight is 384 g/mol. The highest BCUT2D eigenvalue weighted by Gasteiger charge is 2.12. The lowest BCUT2D eigenvalue weighted by Gasteiger charge is -2.12. The van der Waals surface area contributed by atoms with E-state index in [0.717, 1.165) is 5.56 Å². The summed E-state index contributed by atoms with van der Waals surface area (Å²) in [6.45, 7) is 0.647. The van der Waals surface area contributed by atoms with Crippen LogP contribution in [-0.2, 0) is 4.79 Å². The number of rotatable bonds is 9. The number of hydrogen-bond acceptors (Lipinski definition) is 5. The van der Waals surface area contributed by atoms with Gasteiger partial charge in [0.15, 0.2) is 11.5 Å². The first-order valence-corrected chi connectivity index (χ1v) is 8.68. The number of nitrogens with one attached hydrogen (secondary N) is 2. The Balaban J connectivity index is 1.86. The van der Waals surface area contributed by atoms with Crippen molar-refractivity contribution in [2.75, 3.05) is 34.4 Å². The number of benzene rings is 2. The molecular formula is C21H24N2O5. The zero-order valence-corrected chi connectivity index (χ0v) is 16.2. The lowest BCUT2D eigenvalue weighted by atomic mass is 10.1. The van der Waals surface area contributed by atoms with E-state index < -0.39 is 0 Å². The summed E-state index contributed by atoms with van der Waals surface area (Å²) in [6.07, 6.45) is 3.04. The number of amides is 2. The Labute approximate surface area is 164 Å². The van der Waals surface area contributed by atoms with Crippen LogP contribution in [0.2, 0.25) is 0 Å². The minimum Gasteiger partial charge on any atom is -0.493 e. The van der Waals surface area contributed by atoms with Gasteiger partial charge in [0.2, 0.25) is 11.7 Å². The van der Waals surface area contributed by atoms with Crippen LogP contribution in [0.15, 0.2) is 48.5 Å². The van der Waals surface area contributed by atoms with E-state index in [1.54, 1.807) is 42.5 Å². The van der Waals surface area contributed by atoms with Gasteiger partial charge in [0.1, 0.15) is 0 Å². The molecule has 2 N–H and O–H groups in total. The molecule has 0 aliphatic heterocycles. The molecular weight excluding hydrogens is 360 g/mol. The summed E-state index contributed by atoms with van der Waals surface area (Å²) < 4.78 is 15.8. The first kappa shape index (κ1) is 20.8. The van der Waals surface area contributed by atoms with Crippen molar-refractivity contribution < 1.29 is 23.8 Å². The van der Waals surface area contributed by atoms with Crippen LogP contribution in [0.5, 0.6) is 17.2 Å². The van der Waals surface area contributed by atoms with E-state index in [1.807, 2.05) is 6.07 Å². The summed E-state index contributed by atoms with van der Waals surface area (Å²) in [5.41, 5.74) is 1.30. The second-order valence-corrected chi connectivity index (χ2v) is 5.70. The minimum atomic E-state index is -0.275. The zero-order valence-electron chi connectivity index (χ0n) is 16.2. The summed E-state index contributed by atoms with van der Waals surface area (Å²) in [4.78, 5) is 23.9. The van der Waals surface area contributed by atoms with E-state index in [4.69, 9.17) is 14.2 Å². The molecule has 0 aromatic heterocycles. The van der Waals surface area contributed by atoms with Gasteiger partial charge < -0.3 is 24.8 Å². The van der Waals surface area contributed by atoms with Crippen LogP contribution in [0.25, 0.3) is 6.08 Å². The molecule has 0 spiro atoms. The molecule has 2 amide bonds. The van der Waals surface area contributed by atoms with Gasteiger partial charge in [0.05, 0.1) is 21.3 Å². The van der Waals surface area contributed by atoms with E-state index in [1.165, 1.54) is 27.4 Å². The number of ether oxygens (including phenoxy) is 3. The SMILES string of the molecule is COc1cc(/C=C/C(=O)NCCNC(=O)c2ccccc2)cc(OC)c1OC. The van der Waals surface area contributed by atoms with Gasteiger partial charge in [-0.1, -0.05) is 18.2 Å². The molecule has 0 aliphatic carbocycles. The summed E-state index contributed by atoms with van der Waals surface area (Å²) in [5, 5.41) is 5.46. The Bertz CT molecular complexity index is 809. The van der Waals surface area contributed by atoms with Crippen LogP contribution in [0.4, 0.5) is 0 Å². The Morgan fingerprint density at radius 1 is 0.893 bits per heavy atom. The number of carbonyl (C=O) groups is 2. The number of hydrogen-bond donors (Lipinski definition) is 2. The van der Waals surface area contributed by atoms with Crippen LogP contribution in [0.1, 0.15) is 15.9 Å². The lowest BCUT2D eigenvalue weighted by Crippen LogP contribution is -2.33. The van der Waals surface area contributed by atoms with Gasteiger partial charge in [-0.2, -0.15) is 0 Å². The molecule has 0 heterocycles. The maximum Gasteiger partial charge on any atom is 0.251 e. The van der Waals surface area contributed by atoms with Crippen molar-refractivity contribution in [3.8, 4) is 17.2 Å². The summed E-state index contributed by atoms with van der Waals surface area (Å²) in [7, 11) is 4.59. The zero-order chi connectivity index (χ0) is 20.4. The Morgan fingerprint density at radius 2 is 1.50 bits per heavy atom. The van der Waals surface area contributed by atoms with Crippen molar-refractivity contribution in [2.45, 2.75) is 0 Å². The molecule has 0 saturated heterocycles. The fourth-order valence-corrected chi connectivity index (χ4v) is 2.48. The molecule has 148 valence electrons. The molecule has 0 bridgehead atoms. The van der Waals surface area contributed by atoms with Gasteiger partial charge >= 0.3 is 0 Å². The van der Waals surface area contributed by atoms with Gasteiger partial charge in [0.25, 0.3) is 5.91 Å². The molecule has 0 saturated carbocycles. The Morgan fingerprint density at radius 3 is 2.07 bits per heavy atom. The average Bonchev–Trinajstić information content (AvgIpc) is 2.74. The highest BCUT2D eigenvalue weighted by Crippen LogP contribution is 2.38. The van der Waals surface area contributed by atoms with Gasteiger partial charge in [0, 0.05) is 24.7 Å². The van der Waals surface area contributed by atoms with Crippen molar-refractivity contribution in [1.82, 2.24) is 10.6 Å². The lowest BCUT2D eigenvalue weighted by molar-refractivity contribution is -0.116. The topological polar surface area (TPSA) is 85.9 Å². The van der Waals surface area contributed by atoms with E-state index in [2.05, 4.69) is 10.6 Å². The predicted octanol–water partition coefficient (Wildman–Crippen LogP) is 2.27. The van der Waals surface area contributed by atoms with Crippen molar-refractivity contribution in [2.24, 2.45) is 0 Å². The second-order valence-electron chi connectivity index (χ2n) is 5.70. The smallest absolute Gasteiger partial charge is 0.251 e. The Hall–Kier alpha value is -3.48. The van der Waals surface area contributed by atoms with Gasteiger partial charge in [-0.25, -0.2) is 0 Å². The van der Waals surface area contributed by atoms with Crippen LogP contribution >= 0.6 is 0 Å². The Kier molecular flexibility index (Phi) is 7.90. The van der Waals surface area contributed by atoms with E-state index in [0.29, 0.717) is 35.9 Å². The fraction of sp³-hybridized carbons (Fsp3) is 0.238. The molecule has 0 atom stereocenters. The predicted molar refractivity (Wildman–Crippen MR) is 107 cm³/mol. The van der Waals surface area contributed by atoms with E-state index >= 15 is 0 Å². The molecule has 0 radical (unpaired) electrons. The molecule has 0 aliphatic rings. The van der Waals surface area contributed by atoms with Crippen LogP contribution in [-0.4, -0.2) is 46.2 Å². The third kappa shape index (κ3) is 5.77. The quantitative estimate of drug-likeness (QED) is 0.512. The molecule has 2 aromatic carbocycles. The highest BCUT2D eigenvalue weighted by atomic mass is 16.5. The van der Waals surface area contributed by atoms with Crippen LogP contribution in [0.3, 0.4) is 0 Å². The van der Waals surface area contributed by atoms with Crippen molar-refractivity contribution in [1.29, 1.82) is 0 Å². The molecule has 2 rings (SSSR count). The van der Waals surface area contributed by atoms with Gasteiger partial charge in [-0.05, 0) is 35.9 Å². The molecule has 7 heteroatoms. The number of methoxy groups -OCH3 is 3. The van der Waals surface area contributed by atoms with E-state index in [-0.39, 0.29) is 11.8 Å². The van der Waals surface area contributed by atoms with Crippen molar-refractivity contribution >= 4 is 17.9 Å².